The molecule has 0 aliphatic heterocycles. The van der Waals surface area contributed by atoms with Crippen LogP contribution in [0.4, 0.5) is 0 Å². The molecule has 70 heavy (non-hydrogen) atoms. The smallest absolute Gasteiger partial charge is 0.361 e. The van der Waals surface area contributed by atoms with Crippen molar-refractivity contribution in [2.75, 3.05) is 47.5 Å². The van der Waals surface area contributed by atoms with Crippen molar-refractivity contribution < 1.29 is 42.9 Å². The second kappa shape index (κ2) is 52.6. The number of carboxylic acids is 1. The van der Waals surface area contributed by atoms with Gasteiger partial charge >= 0.3 is 17.9 Å². The summed E-state index contributed by atoms with van der Waals surface area (Å²) in [5.74, 6) is -2.01. The van der Waals surface area contributed by atoms with Gasteiger partial charge in [0.05, 0.1) is 34.4 Å². The van der Waals surface area contributed by atoms with E-state index >= 15 is 0 Å². The van der Waals surface area contributed by atoms with Gasteiger partial charge in [-0.05, 0) is 77.0 Å². The summed E-state index contributed by atoms with van der Waals surface area (Å²) in [6.07, 6.45) is 61.9. The second-order valence-electron chi connectivity index (χ2n) is 20.9. The summed E-state index contributed by atoms with van der Waals surface area (Å²) in [4.78, 5) is 37.4. The zero-order valence-corrected chi connectivity index (χ0v) is 46.4. The largest absolute Gasteiger partial charge is 0.477 e. The molecule has 1 N–H and O–H groups in total. The highest BCUT2D eigenvalue weighted by molar-refractivity contribution is 5.71. The van der Waals surface area contributed by atoms with Crippen LogP contribution in [0.5, 0.6) is 0 Å². The summed E-state index contributed by atoms with van der Waals surface area (Å²) >= 11 is 0. The van der Waals surface area contributed by atoms with E-state index in [0.29, 0.717) is 17.4 Å². The van der Waals surface area contributed by atoms with Crippen LogP contribution in [0.3, 0.4) is 0 Å². The Labute approximate surface area is 432 Å². The van der Waals surface area contributed by atoms with Gasteiger partial charge in [0.25, 0.3) is 6.29 Å². The first kappa shape index (κ1) is 67.2. The van der Waals surface area contributed by atoms with E-state index in [1.165, 1.54) is 167 Å². The van der Waals surface area contributed by atoms with E-state index in [-0.39, 0.29) is 32.2 Å². The van der Waals surface area contributed by atoms with Gasteiger partial charge in [-0.25, -0.2) is 4.79 Å². The van der Waals surface area contributed by atoms with Gasteiger partial charge < -0.3 is 28.5 Å². The van der Waals surface area contributed by atoms with Crippen LogP contribution >= 0.6 is 0 Å². The number of nitrogens with zero attached hydrogens (tertiary/aromatic N) is 1. The molecular weight excluding hydrogens is 875 g/mol. The number of hydrogen-bond donors (Lipinski definition) is 1. The monoisotopic (exact) mass is 987 g/mol. The molecule has 2 unspecified atom stereocenters. The highest BCUT2D eigenvalue weighted by Gasteiger charge is 2.25. The van der Waals surface area contributed by atoms with Crippen LogP contribution in [-0.2, 0) is 33.3 Å². The van der Waals surface area contributed by atoms with E-state index in [4.69, 9.17) is 18.9 Å². The molecule has 0 radical (unpaired) electrons. The van der Waals surface area contributed by atoms with E-state index in [1.807, 2.05) is 21.1 Å². The molecule has 0 aromatic rings. The number of allylic oxidation sites excluding steroid dienone is 8. The van der Waals surface area contributed by atoms with E-state index in [1.54, 1.807) is 0 Å². The van der Waals surface area contributed by atoms with Gasteiger partial charge in [0, 0.05) is 12.8 Å². The van der Waals surface area contributed by atoms with Gasteiger partial charge in [-0.1, -0.05) is 223 Å². The average Bonchev–Trinajstić information content (AvgIpc) is 3.33. The van der Waals surface area contributed by atoms with E-state index in [0.717, 1.165) is 70.6 Å². The Kier molecular flexibility index (Phi) is 50.5. The van der Waals surface area contributed by atoms with Gasteiger partial charge in [-0.2, -0.15) is 0 Å². The van der Waals surface area contributed by atoms with Gasteiger partial charge in [0.1, 0.15) is 13.2 Å². The SMILES string of the molecule is CCCCCCC/C=C\C/C=C\C/C=C\CCCCCCCCCCCCCCCCC(=O)OC(COC(=O)CCCCCCC/C=C\CCCCCCCCC)COC(OCC[N+](C)(C)C)C(=O)O. The Morgan fingerprint density at radius 1 is 0.429 bits per heavy atom. The van der Waals surface area contributed by atoms with Crippen molar-refractivity contribution in [2.24, 2.45) is 0 Å². The molecule has 0 saturated heterocycles. The minimum atomic E-state index is -1.51. The van der Waals surface area contributed by atoms with Gasteiger partial charge in [0.15, 0.2) is 6.10 Å². The lowest BCUT2D eigenvalue weighted by molar-refractivity contribution is -0.870. The normalized spacial score (nSPS) is 13.1. The molecule has 0 aromatic heterocycles. The van der Waals surface area contributed by atoms with Crippen molar-refractivity contribution in [3.8, 4) is 0 Å². The summed E-state index contributed by atoms with van der Waals surface area (Å²) in [7, 11) is 5.97. The zero-order chi connectivity index (χ0) is 51.3. The Balaban J connectivity index is 4.19. The van der Waals surface area contributed by atoms with Crippen molar-refractivity contribution >= 4 is 17.9 Å². The van der Waals surface area contributed by atoms with Gasteiger partial charge in [-0.15, -0.1) is 0 Å². The second-order valence-corrected chi connectivity index (χ2v) is 20.9. The van der Waals surface area contributed by atoms with Crippen LogP contribution in [-0.4, -0.2) is 87.4 Å². The minimum Gasteiger partial charge on any atom is -0.477 e. The topological polar surface area (TPSA) is 108 Å². The lowest BCUT2D eigenvalue weighted by atomic mass is 10.0. The quantitative estimate of drug-likeness (QED) is 0.0211. The van der Waals surface area contributed by atoms with Crippen LogP contribution in [0.15, 0.2) is 48.6 Å². The van der Waals surface area contributed by atoms with Crippen molar-refractivity contribution in [1.29, 1.82) is 0 Å². The van der Waals surface area contributed by atoms with Crippen molar-refractivity contribution in [2.45, 2.75) is 277 Å². The van der Waals surface area contributed by atoms with Crippen LogP contribution < -0.4 is 0 Å². The Morgan fingerprint density at radius 3 is 1.16 bits per heavy atom. The third-order valence-electron chi connectivity index (χ3n) is 12.8. The minimum absolute atomic E-state index is 0.185. The standard InChI is InChI=1S/C61H111NO8/c1-6-8-10-12-14-16-18-20-22-24-25-26-27-28-29-30-31-32-33-34-35-36-38-40-42-44-46-48-50-52-59(64)70-57(56-69-61(60(65)66)67-54-53-62(3,4)5)55-68-58(63)51-49-47-45-43-41-39-37-23-21-19-17-15-13-11-9-7-2/h18,20,23-25,27-28,37,57,61H,6-17,19,21-22,26,29-36,38-56H2,1-5H3/p+1/b20-18-,25-24-,28-27-,37-23-. The third-order valence-corrected chi connectivity index (χ3v) is 12.8. The Morgan fingerprint density at radius 2 is 0.771 bits per heavy atom. The molecular formula is C61H112NO8+. The molecule has 0 heterocycles. The number of unbranched alkanes of at least 4 members (excludes halogenated alkanes) is 31. The molecule has 0 aliphatic carbocycles. The molecule has 0 rings (SSSR count). The maximum Gasteiger partial charge on any atom is 0.361 e. The molecule has 9 heteroatoms. The Hall–Kier alpha value is -2.75. The maximum atomic E-state index is 12.9. The molecule has 9 nitrogen and oxygen atoms in total. The van der Waals surface area contributed by atoms with Gasteiger partial charge in [-0.3, -0.25) is 9.59 Å². The molecule has 0 fully saturated rings. The molecule has 0 aromatic carbocycles. The van der Waals surface area contributed by atoms with Crippen LogP contribution in [0.25, 0.3) is 0 Å². The molecule has 0 aliphatic rings. The summed E-state index contributed by atoms with van der Waals surface area (Å²) in [6, 6.07) is 0. The number of carboxylic acid groups (broad SMARTS) is 1. The number of carbonyl (C=O) groups excluding carboxylic acids is 2. The fourth-order valence-electron chi connectivity index (χ4n) is 8.25. The first-order chi connectivity index (χ1) is 34.1. The predicted octanol–water partition coefficient (Wildman–Crippen LogP) is 17.1. The number of aliphatic carboxylic acids is 1. The van der Waals surface area contributed by atoms with E-state index in [2.05, 4.69) is 62.5 Å². The van der Waals surface area contributed by atoms with Crippen molar-refractivity contribution in [3.63, 3.8) is 0 Å². The van der Waals surface area contributed by atoms with Crippen molar-refractivity contribution in [3.05, 3.63) is 48.6 Å². The van der Waals surface area contributed by atoms with Crippen LogP contribution in [0.1, 0.15) is 264 Å². The zero-order valence-electron chi connectivity index (χ0n) is 46.4. The number of hydrogen-bond acceptors (Lipinski definition) is 7. The summed E-state index contributed by atoms with van der Waals surface area (Å²) in [6.45, 7) is 4.88. The number of ether oxygens (including phenoxy) is 4. The molecule has 408 valence electrons. The number of rotatable bonds is 54. The molecule has 2 atom stereocenters. The number of carbonyl (C=O) groups is 3. The average molecular weight is 988 g/mol. The summed E-state index contributed by atoms with van der Waals surface area (Å²) in [5, 5.41) is 9.69. The lowest BCUT2D eigenvalue weighted by Crippen LogP contribution is -2.40. The van der Waals surface area contributed by atoms with Crippen LogP contribution in [0.2, 0.25) is 0 Å². The summed E-state index contributed by atoms with van der Waals surface area (Å²) < 4.78 is 22.9. The highest BCUT2D eigenvalue weighted by atomic mass is 16.7. The molecule has 0 spiro atoms. The molecule has 0 bridgehead atoms. The fourth-order valence-corrected chi connectivity index (χ4v) is 8.25. The predicted molar refractivity (Wildman–Crippen MR) is 295 cm³/mol. The summed E-state index contributed by atoms with van der Waals surface area (Å²) in [5.41, 5.74) is 0. The highest BCUT2D eigenvalue weighted by Crippen LogP contribution is 2.16. The lowest BCUT2D eigenvalue weighted by Gasteiger charge is -2.25. The van der Waals surface area contributed by atoms with Crippen LogP contribution in [0, 0.1) is 0 Å². The molecule has 0 saturated carbocycles. The van der Waals surface area contributed by atoms with E-state index < -0.39 is 24.3 Å². The van der Waals surface area contributed by atoms with E-state index in [9.17, 15) is 19.5 Å². The third kappa shape index (κ3) is 53.1. The number of quaternary nitrogens is 1. The van der Waals surface area contributed by atoms with Gasteiger partial charge in [0.2, 0.25) is 0 Å². The first-order valence-electron chi connectivity index (χ1n) is 29.3. The van der Waals surface area contributed by atoms with Crippen molar-refractivity contribution in [1.82, 2.24) is 0 Å². The Bertz CT molecular complexity index is 1290. The first-order valence-corrected chi connectivity index (χ1v) is 29.3. The fraction of sp³-hybridized carbons (Fsp3) is 0.820. The maximum absolute atomic E-state index is 12.9. The molecule has 0 amide bonds. The number of likely N-dealkylation sites (N-methyl/N-ethyl adjacent to an activating group) is 1. The number of esters is 2.